The number of rotatable bonds is 3. The second kappa shape index (κ2) is 5.25. The van der Waals surface area contributed by atoms with Crippen LogP contribution < -0.4 is 5.69 Å². The molecule has 0 amide bonds. The summed E-state index contributed by atoms with van der Waals surface area (Å²) in [6.07, 6.45) is 3.17. The van der Waals surface area contributed by atoms with Gasteiger partial charge in [-0.2, -0.15) is 5.10 Å². The van der Waals surface area contributed by atoms with E-state index in [4.69, 9.17) is 0 Å². The first-order valence-corrected chi connectivity index (χ1v) is 7.06. The molecule has 0 bridgehead atoms. The van der Waals surface area contributed by atoms with Gasteiger partial charge in [-0.05, 0) is 32.9 Å². The van der Waals surface area contributed by atoms with E-state index in [0.29, 0.717) is 12.4 Å². The number of hydrogen-bond donors (Lipinski definition) is 0. The van der Waals surface area contributed by atoms with E-state index in [0.717, 1.165) is 5.69 Å². The van der Waals surface area contributed by atoms with Crippen LogP contribution >= 0.6 is 0 Å². The van der Waals surface area contributed by atoms with Crippen LogP contribution in [0.1, 0.15) is 26.6 Å². The molecule has 7 nitrogen and oxygen atoms in total. The topological polar surface area (TPSA) is 70.5 Å². The molecule has 0 radical (unpaired) electrons. The summed E-state index contributed by atoms with van der Waals surface area (Å²) in [5.41, 5.74) is 0.418. The van der Waals surface area contributed by atoms with Crippen molar-refractivity contribution in [2.45, 2.75) is 32.9 Å². The monoisotopic (exact) mass is 298 g/mol. The molecular formula is C15H18N6O. The van der Waals surface area contributed by atoms with Crippen molar-refractivity contribution in [3.05, 3.63) is 59.3 Å². The minimum absolute atomic E-state index is 0.163. The van der Waals surface area contributed by atoms with E-state index in [9.17, 15) is 4.79 Å². The zero-order valence-electron chi connectivity index (χ0n) is 12.8. The van der Waals surface area contributed by atoms with Gasteiger partial charge in [-0.25, -0.2) is 19.1 Å². The van der Waals surface area contributed by atoms with Gasteiger partial charge in [0.25, 0.3) is 0 Å². The lowest BCUT2D eigenvalue weighted by molar-refractivity contribution is 0.340. The lowest BCUT2D eigenvalue weighted by atomic mass is 10.1. The Kier molecular flexibility index (Phi) is 3.40. The largest absolute Gasteiger partial charge is 0.346 e. The van der Waals surface area contributed by atoms with Crippen LogP contribution in [0, 0.1) is 0 Å². The summed E-state index contributed by atoms with van der Waals surface area (Å²) < 4.78 is 4.66. The van der Waals surface area contributed by atoms with E-state index >= 15 is 0 Å². The molecule has 0 aliphatic heterocycles. The van der Waals surface area contributed by atoms with E-state index in [-0.39, 0.29) is 11.2 Å². The Hall–Kier alpha value is -2.70. The highest BCUT2D eigenvalue weighted by molar-refractivity contribution is 5.29. The molecule has 3 aromatic rings. The lowest BCUT2D eigenvalue weighted by Gasteiger charge is -2.16. The first-order valence-electron chi connectivity index (χ1n) is 7.06. The Morgan fingerprint density at radius 1 is 1.09 bits per heavy atom. The van der Waals surface area contributed by atoms with E-state index in [1.54, 1.807) is 11.0 Å². The molecule has 0 aliphatic rings. The molecule has 0 fully saturated rings. The van der Waals surface area contributed by atoms with Gasteiger partial charge in [-0.15, -0.1) is 5.10 Å². The summed E-state index contributed by atoms with van der Waals surface area (Å²) >= 11 is 0. The molecule has 0 spiro atoms. The Bertz CT molecular complexity index is 822. The molecule has 0 N–H and O–H groups in total. The predicted octanol–water partition coefficient (Wildman–Crippen LogP) is 1.43. The van der Waals surface area contributed by atoms with Gasteiger partial charge >= 0.3 is 5.69 Å². The summed E-state index contributed by atoms with van der Waals surface area (Å²) in [6, 6.07) is 9.72. The van der Waals surface area contributed by atoms with E-state index in [1.807, 2.05) is 51.1 Å². The Morgan fingerprint density at radius 3 is 2.45 bits per heavy atom. The fraction of sp³-hybridized carbons (Fsp3) is 0.333. The molecule has 0 unspecified atom stereocenters. The number of para-hydroxylation sites is 1. The maximum absolute atomic E-state index is 12.3. The SMILES string of the molecule is CC(C)(C)n1ncn(Cc2ncn(-c3ccccc3)n2)c1=O. The van der Waals surface area contributed by atoms with Crippen LogP contribution in [0.25, 0.3) is 5.69 Å². The average molecular weight is 298 g/mol. The van der Waals surface area contributed by atoms with Crippen molar-refractivity contribution < 1.29 is 0 Å². The summed E-state index contributed by atoms with van der Waals surface area (Å²) in [5, 5.41) is 8.55. The smallest absolute Gasteiger partial charge is 0.274 e. The molecule has 0 saturated heterocycles. The van der Waals surface area contributed by atoms with Crippen molar-refractivity contribution in [3.8, 4) is 5.69 Å². The molecule has 0 atom stereocenters. The van der Waals surface area contributed by atoms with Gasteiger partial charge in [0.15, 0.2) is 5.82 Å². The first-order chi connectivity index (χ1) is 10.4. The molecule has 2 heterocycles. The number of hydrogen-bond acceptors (Lipinski definition) is 4. The van der Waals surface area contributed by atoms with E-state index in [1.165, 1.54) is 15.6 Å². The second-order valence-corrected chi connectivity index (χ2v) is 6.06. The minimum Gasteiger partial charge on any atom is -0.274 e. The Morgan fingerprint density at radius 2 is 1.82 bits per heavy atom. The Labute approximate surface area is 127 Å². The molecule has 7 heteroatoms. The standard InChI is InChI=1S/C15H18N6O/c1-15(2,3)21-14(22)19(11-17-21)9-13-16-10-20(18-13)12-7-5-4-6-8-12/h4-8,10-11H,9H2,1-3H3. The number of benzene rings is 1. The summed E-state index contributed by atoms with van der Waals surface area (Å²) in [6.45, 7) is 6.12. The summed E-state index contributed by atoms with van der Waals surface area (Å²) in [5.74, 6) is 0.569. The average Bonchev–Trinajstić information content (AvgIpc) is 3.08. The van der Waals surface area contributed by atoms with Crippen LogP contribution in [0.2, 0.25) is 0 Å². The van der Waals surface area contributed by atoms with Crippen LogP contribution in [0.15, 0.2) is 47.8 Å². The van der Waals surface area contributed by atoms with Crippen LogP contribution in [0.5, 0.6) is 0 Å². The van der Waals surface area contributed by atoms with E-state index < -0.39 is 0 Å². The third-order valence-corrected chi connectivity index (χ3v) is 3.24. The number of aromatic nitrogens is 6. The van der Waals surface area contributed by atoms with Crippen molar-refractivity contribution >= 4 is 0 Å². The third-order valence-electron chi connectivity index (χ3n) is 3.24. The quantitative estimate of drug-likeness (QED) is 0.733. The van der Waals surface area contributed by atoms with Crippen LogP contribution in [0.4, 0.5) is 0 Å². The molecule has 0 aliphatic carbocycles. The third kappa shape index (κ3) is 2.69. The maximum atomic E-state index is 12.3. The van der Waals surface area contributed by atoms with Crippen LogP contribution in [-0.2, 0) is 12.1 Å². The second-order valence-electron chi connectivity index (χ2n) is 6.06. The predicted molar refractivity (Wildman–Crippen MR) is 81.9 cm³/mol. The van der Waals surface area contributed by atoms with E-state index in [2.05, 4.69) is 15.2 Å². The molecule has 22 heavy (non-hydrogen) atoms. The van der Waals surface area contributed by atoms with Gasteiger partial charge in [-0.1, -0.05) is 18.2 Å². The van der Waals surface area contributed by atoms with Gasteiger partial charge < -0.3 is 0 Å². The highest BCUT2D eigenvalue weighted by atomic mass is 16.2. The van der Waals surface area contributed by atoms with Crippen LogP contribution in [-0.4, -0.2) is 29.1 Å². The van der Waals surface area contributed by atoms with Gasteiger partial charge in [-0.3, -0.25) is 4.57 Å². The number of nitrogens with zero attached hydrogens (tertiary/aromatic N) is 6. The molecular weight excluding hydrogens is 280 g/mol. The van der Waals surface area contributed by atoms with Crippen molar-refractivity contribution in [2.75, 3.05) is 0 Å². The summed E-state index contributed by atoms with van der Waals surface area (Å²) in [4.78, 5) is 16.6. The van der Waals surface area contributed by atoms with Crippen molar-refractivity contribution in [2.24, 2.45) is 0 Å². The highest BCUT2D eigenvalue weighted by Gasteiger charge is 2.19. The van der Waals surface area contributed by atoms with Crippen molar-refractivity contribution in [1.29, 1.82) is 0 Å². The molecule has 3 rings (SSSR count). The van der Waals surface area contributed by atoms with Crippen LogP contribution in [0.3, 0.4) is 0 Å². The van der Waals surface area contributed by atoms with Gasteiger partial charge in [0.2, 0.25) is 0 Å². The van der Waals surface area contributed by atoms with Crippen molar-refractivity contribution in [3.63, 3.8) is 0 Å². The summed E-state index contributed by atoms with van der Waals surface area (Å²) in [7, 11) is 0. The first kappa shape index (κ1) is 14.2. The molecule has 114 valence electrons. The van der Waals surface area contributed by atoms with Gasteiger partial charge in [0, 0.05) is 0 Å². The van der Waals surface area contributed by atoms with Crippen molar-refractivity contribution in [1.82, 2.24) is 29.1 Å². The zero-order chi connectivity index (χ0) is 15.7. The molecule has 2 aromatic heterocycles. The van der Waals surface area contributed by atoms with Gasteiger partial charge in [0.1, 0.15) is 12.7 Å². The van der Waals surface area contributed by atoms with Gasteiger partial charge in [0.05, 0.1) is 17.8 Å². The highest BCUT2D eigenvalue weighted by Crippen LogP contribution is 2.08. The Balaban J connectivity index is 1.85. The molecule has 1 aromatic carbocycles. The normalized spacial score (nSPS) is 11.8. The fourth-order valence-electron chi connectivity index (χ4n) is 2.13. The fourth-order valence-corrected chi connectivity index (χ4v) is 2.13. The lowest BCUT2D eigenvalue weighted by Crippen LogP contribution is -2.36. The molecule has 0 saturated carbocycles. The zero-order valence-corrected chi connectivity index (χ0v) is 12.8. The minimum atomic E-state index is -0.348. The maximum Gasteiger partial charge on any atom is 0.346 e.